The molecule has 3 heteroatoms. The summed E-state index contributed by atoms with van der Waals surface area (Å²) in [6.07, 6.45) is 8.33. The first-order valence-corrected chi connectivity index (χ1v) is 11.4. The average Bonchev–Trinajstić information content (AvgIpc) is 2.78. The molecule has 2 aromatic carbocycles. The van der Waals surface area contributed by atoms with E-state index < -0.39 is 0 Å². The van der Waals surface area contributed by atoms with Crippen LogP contribution in [0.1, 0.15) is 80.8 Å². The fourth-order valence-corrected chi connectivity index (χ4v) is 3.62. The molecule has 0 saturated carbocycles. The molecule has 0 saturated heterocycles. The van der Waals surface area contributed by atoms with Gasteiger partial charge in [-0.25, -0.2) is 0 Å². The van der Waals surface area contributed by atoms with Crippen molar-refractivity contribution in [2.75, 3.05) is 19.6 Å². The van der Waals surface area contributed by atoms with Crippen LogP contribution in [0.2, 0.25) is 0 Å². The van der Waals surface area contributed by atoms with E-state index in [0.29, 0.717) is 0 Å². The number of nitrogens with one attached hydrogen (secondary N) is 1. The zero-order valence-corrected chi connectivity index (χ0v) is 18.3. The summed E-state index contributed by atoms with van der Waals surface area (Å²) in [7, 11) is 0. The summed E-state index contributed by atoms with van der Waals surface area (Å²) in [5, 5.41) is 3.25. The molecule has 158 valence electrons. The predicted molar refractivity (Wildman–Crippen MR) is 123 cm³/mol. The zero-order valence-electron chi connectivity index (χ0n) is 18.3. The van der Waals surface area contributed by atoms with Gasteiger partial charge < -0.3 is 10.2 Å². The minimum Gasteiger partial charge on any atom is -0.345 e. The van der Waals surface area contributed by atoms with Crippen LogP contribution >= 0.6 is 0 Å². The molecule has 0 aliphatic heterocycles. The van der Waals surface area contributed by atoms with E-state index in [9.17, 15) is 4.79 Å². The maximum atomic E-state index is 12.7. The number of amides is 1. The Balaban J connectivity index is 1.89. The molecule has 0 spiro atoms. The average molecular weight is 395 g/mol. The molecule has 2 aromatic rings. The van der Waals surface area contributed by atoms with E-state index in [1.54, 1.807) is 0 Å². The van der Waals surface area contributed by atoms with Crippen LogP contribution in [0.3, 0.4) is 0 Å². The maximum Gasteiger partial charge on any atom is 0.251 e. The number of carbonyl (C=O) groups is 1. The van der Waals surface area contributed by atoms with Crippen LogP contribution in [0, 0.1) is 0 Å². The lowest BCUT2D eigenvalue weighted by Gasteiger charge is -2.23. The summed E-state index contributed by atoms with van der Waals surface area (Å²) in [4.78, 5) is 15.3. The minimum absolute atomic E-state index is 0.00645. The van der Waals surface area contributed by atoms with Crippen LogP contribution in [0.4, 0.5) is 0 Å². The standard InChI is InChI=1S/C26H38N2O/c1-3-5-20-28(21-6-4-2)22-14-13-19-25(23-15-9-7-10-16-23)27-26(29)24-17-11-8-12-18-24/h7-12,15-18,25H,3-6,13-14,19-22H2,1-2H3,(H,27,29). The topological polar surface area (TPSA) is 32.3 Å². The fraction of sp³-hybridized carbons (Fsp3) is 0.500. The molecular formula is C26H38N2O. The zero-order chi connectivity index (χ0) is 20.7. The van der Waals surface area contributed by atoms with Crippen molar-refractivity contribution in [1.29, 1.82) is 0 Å². The summed E-state index contributed by atoms with van der Waals surface area (Å²) in [6, 6.07) is 19.9. The minimum atomic E-state index is 0.00645. The summed E-state index contributed by atoms with van der Waals surface area (Å²) in [6.45, 7) is 8.11. The molecule has 3 nitrogen and oxygen atoms in total. The number of unbranched alkanes of at least 4 members (excludes halogenated alkanes) is 3. The number of carbonyl (C=O) groups excluding carboxylic acids is 1. The highest BCUT2D eigenvalue weighted by Gasteiger charge is 2.15. The Morgan fingerprint density at radius 3 is 1.93 bits per heavy atom. The van der Waals surface area contributed by atoms with Crippen LogP contribution in [-0.4, -0.2) is 30.4 Å². The van der Waals surface area contributed by atoms with Crippen molar-refractivity contribution in [3.8, 4) is 0 Å². The number of hydrogen-bond donors (Lipinski definition) is 1. The molecule has 0 bridgehead atoms. The largest absolute Gasteiger partial charge is 0.345 e. The maximum absolute atomic E-state index is 12.7. The first-order valence-electron chi connectivity index (χ1n) is 11.4. The van der Waals surface area contributed by atoms with Gasteiger partial charge in [-0.3, -0.25) is 4.79 Å². The first-order chi connectivity index (χ1) is 14.2. The Labute approximate surface area is 177 Å². The molecule has 2 rings (SSSR count). The quantitative estimate of drug-likeness (QED) is 0.385. The van der Waals surface area contributed by atoms with Crippen LogP contribution < -0.4 is 5.32 Å². The third-order valence-corrected chi connectivity index (χ3v) is 5.42. The number of rotatable bonds is 14. The van der Waals surface area contributed by atoms with Crippen molar-refractivity contribution in [3.63, 3.8) is 0 Å². The Morgan fingerprint density at radius 1 is 0.793 bits per heavy atom. The predicted octanol–water partition coefficient (Wildman–Crippen LogP) is 6.23. The molecule has 0 aliphatic rings. The second kappa shape index (κ2) is 13.9. The molecule has 1 amide bonds. The normalized spacial score (nSPS) is 12.1. The van der Waals surface area contributed by atoms with E-state index in [-0.39, 0.29) is 11.9 Å². The van der Waals surface area contributed by atoms with E-state index in [0.717, 1.165) is 24.9 Å². The Kier molecular flexibility index (Phi) is 11.1. The smallest absolute Gasteiger partial charge is 0.251 e. The molecule has 0 heterocycles. The van der Waals surface area contributed by atoms with Gasteiger partial charge in [0.2, 0.25) is 0 Å². The summed E-state index contributed by atoms with van der Waals surface area (Å²) < 4.78 is 0. The molecule has 0 fully saturated rings. The van der Waals surface area contributed by atoms with Crippen molar-refractivity contribution >= 4 is 5.91 Å². The highest BCUT2D eigenvalue weighted by Crippen LogP contribution is 2.20. The lowest BCUT2D eigenvalue weighted by molar-refractivity contribution is 0.0933. The second-order valence-electron chi connectivity index (χ2n) is 7.85. The van der Waals surface area contributed by atoms with Gasteiger partial charge in [0, 0.05) is 5.56 Å². The Bertz CT molecular complexity index is 664. The van der Waals surface area contributed by atoms with E-state index in [4.69, 9.17) is 0 Å². The SMILES string of the molecule is CCCCN(CCCC)CCCCC(NC(=O)c1ccccc1)c1ccccc1. The molecule has 0 aliphatic carbocycles. The van der Waals surface area contributed by atoms with Crippen LogP contribution in [0.5, 0.6) is 0 Å². The van der Waals surface area contributed by atoms with Gasteiger partial charge in [-0.05, 0) is 69.4 Å². The van der Waals surface area contributed by atoms with E-state index >= 15 is 0 Å². The first kappa shape index (κ1) is 23.2. The molecule has 0 aromatic heterocycles. The third kappa shape index (κ3) is 8.82. The molecule has 29 heavy (non-hydrogen) atoms. The third-order valence-electron chi connectivity index (χ3n) is 5.42. The second-order valence-corrected chi connectivity index (χ2v) is 7.85. The van der Waals surface area contributed by atoms with Gasteiger partial charge in [-0.2, -0.15) is 0 Å². The Hall–Kier alpha value is -2.13. The van der Waals surface area contributed by atoms with E-state index in [1.165, 1.54) is 50.8 Å². The number of benzene rings is 2. The summed E-state index contributed by atoms with van der Waals surface area (Å²) in [5.41, 5.74) is 1.91. The van der Waals surface area contributed by atoms with Gasteiger partial charge in [0.1, 0.15) is 0 Å². The van der Waals surface area contributed by atoms with Gasteiger partial charge in [0.15, 0.2) is 0 Å². The number of hydrogen-bond acceptors (Lipinski definition) is 2. The van der Waals surface area contributed by atoms with Crippen LogP contribution in [-0.2, 0) is 0 Å². The lowest BCUT2D eigenvalue weighted by atomic mass is 10.00. The van der Waals surface area contributed by atoms with Gasteiger partial charge in [0.05, 0.1) is 6.04 Å². The summed E-state index contributed by atoms with van der Waals surface area (Å²) in [5.74, 6) is 0.00645. The number of nitrogens with zero attached hydrogens (tertiary/aromatic N) is 1. The van der Waals surface area contributed by atoms with Crippen molar-refractivity contribution in [2.24, 2.45) is 0 Å². The van der Waals surface area contributed by atoms with Gasteiger partial charge in [-0.1, -0.05) is 75.2 Å². The van der Waals surface area contributed by atoms with Crippen LogP contribution in [0.25, 0.3) is 0 Å². The van der Waals surface area contributed by atoms with Crippen LogP contribution in [0.15, 0.2) is 60.7 Å². The summed E-state index contributed by atoms with van der Waals surface area (Å²) >= 11 is 0. The van der Waals surface area contributed by atoms with Crippen molar-refractivity contribution in [2.45, 2.75) is 64.8 Å². The highest BCUT2D eigenvalue weighted by molar-refractivity contribution is 5.94. The van der Waals surface area contributed by atoms with Gasteiger partial charge in [0.25, 0.3) is 5.91 Å². The van der Waals surface area contributed by atoms with Gasteiger partial charge >= 0.3 is 0 Å². The van der Waals surface area contributed by atoms with E-state index in [2.05, 4.69) is 36.2 Å². The Morgan fingerprint density at radius 2 is 1.34 bits per heavy atom. The lowest BCUT2D eigenvalue weighted by Crippen LogP contribution is -2.29. The van der Waals surface area contributed by atoms with E-state index in [1.807, 2.05) is 48.5 Å². The van der Waals surface area contributed by atoms with Crippen molar-refractivity contribution in [3.05, 3.63) is 71.8 Å². The molecular weight excluding hydrogens is 356 g/mol. The molecule has 1 atom stereocenters. The van der Waals surface area contributed by atoms with Crippen molar-refractivity contribution < 1.29 is 4.79 Å². The molecule has 1 N–H and O–H groups in total. The monoisotopic (exact) mass is 394 g/mol. The van der Waals surface area contributed by atoms with Gasteiger partial charge in [-0.15, -0.1) is 0 Å². The highest BCUT2D eigenvalue weighted by atomic mass is 16.1. The molecule has 0 radical (unpaired) electrons. The molecule has 1 unspecified atom stereocenters. The fourth-order valence-electron chi connectivity index (χ4n) is 3.62. The van der Waals surface area contributed by atoms with Crippen molar-refractivity contribution in [1.82, 2.24) is 10.2 Å².